The average Bonchev–Trinajstić information content (AvgIpc) is 3.19. The topological polar surface area (TPSA) is 88.4 Å². The van der Waals surface area contributed by atoms with E-state index in [9.17, 15) is 8.42 Å². The molecular formula is C22H19BrCl3N5O2S. The molecule has 2 N–H and O–H groups in total. The number of hydrogen-bond acceptors (Lipinski definition) is 5. The molecule has 2 aromatic heterocycles. The maximum absolute atomic E-state index is 12.4. The maximum Gasteiger partial charge on any atom is 0.240 e. The lowest BCUT2D eigenvalue weighted by Gasteiger charge is -2.12. The SMILES string of the molecule is O=S(=O)(NCCCCNc1cc(-c2ccccc2Cl)nc2c(Br)cnn12)c1ccc(Cl)c(Cl)c1. The summed E-state index contributed by atoms with van der Waals surface area (Å²) in [5.41, 5.74) is 2.20. The summed E-state index contributed by atoms with van der Waals surface area (Å²) in [5, 5.41) is 8.83. The third kappa shape index (κ3) is 5.67. The van der Waals surface area contributed by atoms with Gasteiger partial charge in [-0.15, -0.1) is 0 Å². The van der Waals surface area contributed by atoms with Gasteiger partial charge in [-0.2, -0.15) is 9.61 Å². The molecule has 0 aliphatic carbocycles. The van der Waals surface area contributed by atoms with E-state index in [-0.39, 0.29) is 16.5 Å². The quantitative estimate of drug-likeness (QED) is 0.220. The van der Waals surface area contributed by atoms with E-state index in [0.717, 1.165) is 28.0 Å². The van der Waals surface area contributed by atoms with Crippen molar-refractivity contribution in [2.45, 2.75) is 17.7 Å². The molecule has 0 spiro atoms. The maximum atomic E-state index is 12.4. The number of aromatic nitrogens is 3. The molecule has 4 aromatic rings. The molecule has 0 fully saturated rings. The van der Waals surface area contributed by atoms with Crippen molar-refractivity contribution in [3.05, 3.63) is 74.3 Å². The number of benzene rings is 2. The normalized spacial score (nSPS) is 11.8. The Kier molecular flexibility index (Phi) is 8.01. The molecule has 0 saturated heterocycles. The van der Waals surface area contributed by atoms with Crippen LogP contribution in [0, 0.1) is 0 Å². The van der Waals surface area contributed by atoms with Crippen LogP contribution in [0.25, 0.3) is 16.9 Å². The zero-order valence-electron chi connectivity index (χ0n) is 17.6. The molecule has 0 atom stereocenters. The number of sulfonamides is 1. The van der Waals surface area contributed by atoms with Crippen molar-refractivity contribution in [2.24, 2.45) is 0 Å². The van der Waals surface area contributed by atoms with E-state index in [1.807, 2.05) is 30.3 Å². The van der Waals surface area contributed by atoms with Gasteiger partial charge < -0.3 is 5.32 Å². The summed E-state index contributed by atoms with van der Waals surface area (Å²) < 4.78 is 29.9. The Labute approximate surface area is 220 Å². The van der Waals surface area contributed by atoms with Gasteiger partial charge in [0.2, 0.25) is 10.0 Å². The monoisotopic (exact) mass is 601 g/mol. The van der Waals surface area contributed by atoms with E-state index in [1.54, 1.807) is 10.7 Å². The number of anilines is 1. The minimum atomic E-state index is -3.66. The molecule has 0 amide bonds. The lowest BCUT2D eigenvalue weighted by atomic mass is 10.1. The van der Waals surface area contributed by atoms with Crippen molar-refractivity contribution in [3.8, 4) is 11.3 Å². The second-order valence-electron chi connectivity index (χ2n) is 7.34. The number of halogens is 4. The Morgan fingerprint density at radius 1 is 0.941 bits per heavy atom. The molecule has 12 heteroatoms. The predicted molar refractivity (Wildman–Crippen MR) is 141 cm³/mol. The average molecular weight is 604 g/mol. The number of nitrogens with one attached hydrogen (secondary N) is 2. The largest absolute Gasteiger partial charge is 0.370 e. The van der Waals surface area contributed by atoms with Crippen LogP contribution in [0.2, 0.25) is 15.1 Å². The fourth-order valence-corrected chi connectivity index (χ4v) is 5.31. The summed E-state index contributed by atoms with van der Waals surface area (Å²) in [6.07, 6.45) is 3.03. The van der Waals surface area contributed by atoms with Crippen LogP contribution in [0.5, 0.6) is 0 Å². The van der Waals surface area contributed by atoms with Crippen molar-refractivity contribution < 1.29 is 8.42 Å². The standard InChI is InChI=1S/C22H19BrCl3N5O2S/c23-16-13-28-31-21(12-20(30-22(16)31)15-5-1-2-6-17(15)24)27-9-3-4-10-29-34(32,33)14-7-8-18(25)19(26)11-14/h1-2,5-8,11-13,27,29H,3-4,9-10H2. The summed E-state index contributed by atoms with van der Waals surface area (Å²) in [6, 6.07) is 13.6. The zero-order chi connectivity index (χ0) is 24.3. The van der Waals surface area contributed by atoms with E-state index < -0.39 is 10.0 Å². The van der Waals surface area contributed by atoms with Gasteiger partial charge in [0.1, 0.15) is 5.82 Å². The fraction of sp³-hybridized carbons (Fsp3) is 0.182. The highest BCUT2D eigenvalue weighted by atomic mass is 79.9. The minimum absolute atomic E-state index is 0.0792. The molecule has 0 aliphatic rings. The smallest absolute Gasteiger partial charge is 0.240 e. The van der Waals surface area contributed by atoms with Crippen molar-refractivity contribution in [1.29, 1.82) is 0 Å². The number of nitrogens with zero attached hydrogens (tertiary/aromatic N) is 3. The second kappa shape index (κ2) is 10.8. The van der Waals surface area contributed by atoms with Gasteiger partial charge in [0, 0.05) is 29.7 Å². The summed E-state index contributed by atoms with van der Waals surface area (Å²) in [6.45, 7) is 0.890. The van der Waals surface area contributed by atoms with Gasteiger partial charge in [0.15, 0.2) is 5.65 Å². The number of fused-ring (bicyclic) bond motifs is 1. The molecular weight excluding hydrogens is 585 g/mol. The number of hydrogen-bond donors (Lipinski definition) is 2. The first kappa shape index (κ1) is 25.2. The molecule has 4 rings (SSSR count). The van der Waals surface area contributed by atoms with Gasteiger partial charge in [0.05, 0.1) is 31.3 Å². The Hall–Kier alpha value is -1.88. The predicted octanol–water partition coefficient (Wildman–Crippen LogP) is 6.29. The van der Waals surface area contributed by atoms with Crippen LogP contribution < -0.4 is 10.0 Å². The van der Waals surface area contributed by atoms with Crippen molar-refractivity contribution in [3.63, 3.8) is 0 Å². The number of rotatable bonds is 9. The Balaban J connectivity index is 1.38. The summed E-state index contributed by atoms with van der Waals surface area (Å²) >= 11 is 21.6. The van der Waals surface area contributed by atoms with Crippen LogP contribution in [0.15, 0.2) is 64.1 Å². The van der Waals surface area contributed by atoms with Crippen LogP contribution in [0.1, 0.15) is 12.8 Å². The minimum Gasteiger partial charge on any atom is -0.370 e. The first-order chi connectivity index (χ1) is 16.3. The van der Waals surface area contributed by atoms with Gasteiger partial charge >= 0.3 is 0 Å². The first-order valence-electron chi connectivity index (χ1n) is 10.2. The third-order valence-electron chi connectivity index (χ3n) is 4.98. The Morgan fingerprint density at radius 2 is 1.71 bits per heavy atom. The van der Waals surface area contributed by atoms with Gasteiger partial charge in [-0.1, -0.05) is 53.0 Å². The fourth-order valence-electron chi connectivity index (χ4n) is 3.27. The lowest BCUT2D eigenvalue weighted by Crippen LogP contribution is -2.25. The summed E-state index contributed by atoms with van der Waals surface area (Å²) in [5.74, 6) is 0.752. The van der Waals surface area contributed by atoms with Crippen LogP contribution in [0.3, 0.4) is 0 Å². The molecule has 2 aromatic carbocycles. The zero-order valence-corrected chi connectivity index (χ0v) is 22.3. The highest BCUT2D eigenvalue weighted by Crippen LogP contribution is 2.30. The molecule has 0 unspecified atom stereocenters. The lowest BCUT2D eigenvalue weighted by molar-refractivity contribution is 0.577. The second-order valence-corrected chi connectivity index (χ2v) is 11.2. The molecule has 0 aliphatic heterocycles. The highest BCUT2D eigenvalue weighted by Gasteiger charge is 2.15. The van der Waals surface area contributed by atoms with Crippen LogP contribution >= 0.6 is 50.7 Å². The molecule has 34 heavy (non-hydrogen) atoms. The summed E-state index contributed by atoms with van der Waals surface area (Å²) in [7, 11) is -3.66. The highest BCUT2D eigenvalue weighted by molar-refractivity contribution is 9.10. The van der Waals surface area contributed by atoms with E-state index in [0.29, 0.717) is 28.7 Å². The van der Waals surface area contributed by atoms with Crippen LogP contribution in [0.4, 0.5) is 5.82 Å². The van der Waals surface area contributed by atoms with E-state index >= 15 is 0 Å². The van der Waals surface area contributed by atoms with Crippen molar-refractivity contribution in [1.82, 2.24) is 19.3 Å². The van der Waals surface area contributed by atoms with Gasteiger partial charge in [-0.3, -0.25) is 0 Å². The molecule has 0 radical (unpaired) electrons. The van der Waals surface area contributed by atoms with Crippen molar-refractivity contribution >= 4 is 72.2 Å². The van der Waals surface area contributed by atoms with Crippen LogP contribution in [-0.2, 0) is 10.0 Å². The molecule has 0 bridgehead atoms. The Bertz CT molecular complexity index is 1450. The molecule has 2 heterocycles. The van der Waals surface area contributed by atoms with E-state index in [1.165, 1.54) is 18.2 Å². The van der Waals surface area contributed by atoms with Gasteiger partial charge in [0.25, 0.3) is 0 Å². The first-order valence-corrected chi connectivity index (χ1v) is 13.6. The summed E-state index contributed by atoms with van der Waals surface area (Å²) in [4.78, 5) is 4.77. The number of unbranched alkanes of at least 4 members (excludes halogenated alkanes) is 1. The van der Waals surface area contributed by atoms with E-state index in [4.69, 9.17) is 34.8 Å². The Morgan fingerprint density at radius 3 is 2.47 bits per heavy atom. The van der Waals surface area contributed by atoms with Crippen molar-refractivity contribution in [2.75, 3.05) is 18.4 Å². The third-order valence-corrected chi connectivity index (χ3v) is 8.07. The van der Waals surface area contributed by atoms with Gasteiger partial charge in [-0.05, 0) is 53.0 Å². The molecule has 7 nitrogen and oxygen atoms in total. The van der Waals surface area contributed by atoms with Gasteiger partial charge in [-0.25, -0.2) is 18.1 Å². The van der Waals surface area contributed by atoms with E-state index in [2.05, 4.69) is 36.1 Å². The molecule has 178 valence electrons. The van der Waals surface area contributed by atoms with Crippen LogP contribution in [-0.4, -0.2) is 36.1 Å². The molecule has 0 saturated carbocycles.